The van der Waals surface area contributed by atoms with Crippen molar-refractivity contribution in [1.82, 2.24) is 10.2 Å². The molecule has 0 unspecified atom stereocenters. The van der Waals surface area contributed by atoms with Gasteiger partial charge in [0.1, 0.15) is 24.2 Å². The van der Waals surface area contributed by atoms with Gasteiger partial charge in [0.2, 0.25) is 11.8 Å². The van der Waals surface area contributed by atoms with Gasteiger partial charge in [-0.3, -0.25) is 13.9 Å². The van der Waals surface area contributed by atoms with Gasteiger partial charge in [0.05, 0.1) is 17.7 Å². The van der Waals surface area contributed by atoms with Gasteiger partial charge in [-0.15, -0.1) is 0 Å². The maximum absolute atomic E-state index is 14.4. The van der Waals surface area contributed by atoms with Gasteiger partial charge < -0.3 is 15.0 Å². The number of amides is 2. The first-order valence-corrected chi connectivity index (χ1v) is 15.9. The SMILES string of the molecule is COc1ccc(S(=O)(=O)N(CC(=O)N(Cc2ccc(F)cc2)[C@@H](Cc2ccccc2)C(=O)NC(C)(C)C)c2ccccc2)cc1. The number of carbonyl (C=O) groups is 2. The number of carbonyl (C=O) groups excluding carboxylic acids is 2. The predicted octanol–water partition coefficient (Wildman–Crippen LogP) is 5.58. The van der Waals surface area contributed by atoms with Crippen molar-refractivity contribution in [2.45, 2.75) is 50.2 Å². The van der Waals surface area contributed by atoms with E-state index in [0.29, 0.717) is 11.3 Å². The van der Waals surface area contributed by atoms with Crippen LogP contribution in [-0.2, 0) is 32.6 Å². The minimum atomic E-state index is -4.24. The van der Waals surface area contributed by atoms with Crippen molar-refractivity contribution in [3.05, 3.63) is 126 Å². The molecule has 2 amide bonds. The fourth-order valence-electron chi connectivity index (χ4n) is 4.79. The van der Waals surface area contributed by atoms with Crippen molar-refractivity contribution < 1.29 is 27.1 Å². The first kappa shape index (κ1) is 33.2. The molecule has 0 saturated carbocycles. The van der Waals surface area contributed by atoms with Gasteiger partial charge in [0.15, 0.2) is 0 Å². The van der Waals surface area contributed by atoms with Crippen LogP contribution in [0.5, 0.6) is 5.75 Å². The number of benzene rings is 4. The lowest BCUT2D eigenvalue weighted by Gasteiger charge is -2.35. The Bertz CT molecular complexity index is 1680. The molecule has 0 heterocycles. The van der Waals surface area contributed by atoms with Gasteiger partial charge >= 0.3 is 0 Å². The number of nitrogens with one attached hydrogen (secondary N) is 1. The molecular weight excluding hydrogens is 593 g/mol. The maximum Gasteiger partial charge on any atom is 0.264 e. The molecule has 0 aliphatic heterocycles. The first-order chi connectivity index (χ1) is 21.4. The Morgan fingerprint density at radius 2 is 1.40 bits per heavy atom. The number of sulfonamides is 1. The van der Waals surface area contributed by atoms with Crippen LogP contribution in [0.15, 0.2) is 114 Å². The van der Waals surface area contributed by atoms with Crippen LogP contribution in [-0.4, -0.2) is 50.4 Å². The Balaban J connectivity index is 1.79. The zero-order valence-corrected chi connectivity index (χ0v) is 26.6. The second-order valence-corrected chi connectivity index (χ2v) is 13.5. The molecule has 45 heavy (non-hydrogen) atoms. The highest BCUT2D eigenvalue weighted by atomic mass is 32.2. The molecule has 0 fully saturated rings. The summed E-state index contributed by atoms with van der Waals surface area (Å²) in [6, 6.07) is 28.1. The number of para-hydroxylation sites is 1. The van der Waals surface area contributed by atoms with E-state index in [1.807, 2.05) is 51.1 Å². The molecule has 10 heteroatoms. The lowest BCUT2D eigenvalue weighted by molar-refractivity contribution is -0.140. The van der Waals surface area contributed by atoms with Gasteiger partial charge in [-0.2, -0.15) is 0 Å². The van der Waals surface area contributed by atoms with Crippen molar-refractivity contribution >= 4 is 27.5 Å². The summed E-state index contributed by atoms with van der Waals surface area (Å²) in [5.41, 5.74) is 1.07. The van der Waals surface area contributed by atoms with Gasteiger partial charge in [-0.25, -0.2) is 12.8 Å². The molecule has 1 N–H and O–H groups in total. The monoisotopic (exact) mass is 631 g/mol. The number of ether oxygens (including phenoxy) is 1. The summed E-state index contributed by atoms with van der Waals surface area (Å²) < 4.78 is 48.2. The molecular formula is C35H38FN3O5S. The highest BCUT2D eigenvalue weighted by molar-refractivity contribution is 7.92. The minimum absolute atomic E-state index is 0.0312. The van der Waals surface area contributed by atoms with Crippen molar-refractivity contribution in [3.8, 4) is 5.75 Å². The van der Waals surface area contributed by atoms with E-state index in [1.165, 1.54) is 48.4 Å². The number of anilines is 1. The number of nitrogens with zero attached hydrogens (tertiary/aromatic N) is 2. The smallest absolute Gasteiger partial charge is 0.264 e. The van der Waals surface area contributed by atoms with Gasteiger partial charge in [-0.1, -0.05) is 60.7 Å². The third-order valence-electron chi connectivity index (χ3n) is 7.01. The van der Waals surface area contributed by atoms with Crippen LogP contribution in [0.1, 0.15) is 31.9 Å². The summed E-state index contributed by atoms with van der Waals surface area (Å²) in [6.45, 7) is 4.88. The molecule has 236 valence electrons. The molecule has 0 saturated heterocycles. The highest BCUT2D eigenvalue weighted by Crippen LogP contribution is 2.26. The van der Waals surface area contributed by atoms with Crippen LogP contribution in [0.4, 0.5) is 10.1 Å². The molecule has 8 nitrogen and oxygen atoms in total. The van der Waals surface area contributed by atoms with Gasteiger partial charge in [0.25, 0.3) is 10.0 Å². The lowest BCUT2D eigenvalue weighted by atomic mass is 10.0. The standard InChI is InChI=1S/C35H38FN3O5S/c1-35(2,3)37-34(41)32(23-26-11-7-5-8-12-26)38(24-27-15-17-28(36)18-16-27)33(40)25-39(29-13-9-6-10-14-29)45(42,43)31-21-19-30(44-4)20-22-31/h5-22,32H,23-25H2,1-4H3,(H,37,41)/t32-/m0/s1. The van der Waals surface area contributed by atoms with E-state index in [1.54, 1.807) is 42.5 Å². The number of rotatable bonds is 12. The van der Waals surface area contributed by atoms with Crippen LogP contribution in [0.25, 0.3) is 0 Å². The Labute approximate surface area is 264 Å². The van der Waals surface area contributed by atoms with E-state index in [-0.39, 0.29) is 23.5 Å². The van der Waals surface area contributed by atoms with Crippen LogP contribution in [0, 0.1) is 5.82 Å². The van der Waals surface area contributed by atoms with Crippen LogP contribution in [0.2, 0.25) is 0 Å². The van der Waals surface area contributed by atoms with Crippen molar-refractivity contribution in [2.75, 3.05) is 18.0 Å². The second-order valence-electron chi connectivity index (χ2n) is 11.6. The number of hydrogen-bond donors (Lipinski definition) is 1. The molecule has 1 atom stereocenters. The van der Waals surface area contributed by atoms with Crippen LogP contribution < -0.4 is 14.4 Å². The average molecular weight is 632 g/mol. The summed E-state index contributed by atoms with van der Waals surface area (Å²) in [7, 11) is -2.76. The van der Waals surface area contributed by atoms with Crippen LogP contribution >= 0.6 is 0 Å². The molecule has 4 rings (SSSR count). The van der Waals surface area contributed by atoms with E-state index in [2.05, 4.69) is 5.32 Å². The zero-order chi connectivity index (χ0) is 32.6. The average Bonchev–Trinajstić information content (AvgIpc) is 3.02. The molecule has 0 aliphatic carbocycles. The summed E-state index contributed by atoms with van der Waals surface area (Å²) in [5, 5.41) is 2.99. The summed E-state index contributed by atoms with van der Waals surface area (Å²) in [5.74, 6) is -0.963. The zero-order valence-electron chi connectivity index (χ0n) is 25.8. The van der Waals surface area contributed by atoms with E-state index in [9.17, 15) is 22.4 Å². The fraction of sp³-hybridized carbons (Fsp3) is 0.257. The van der Waals surface area contributed by atoms with E-state index in [0.717, 1.165) is 9.87 Å². The Morgan fingerprint density at radius 3 is 1.96 bits per heavy atom. The molecule has 0 spiro atoms. The first-order valence-electron chi connectivity index (χ1n) is 14.5. The fourth-order valence-corrected chi connectivity index (χ4v) is 6.21. The van der Waals surface area contributed by atoms with E-state index >= 15 is 0 Å². The topological polar surface area (TPSA) is 96.0 Å². The normalized spacial score (nSPS) is 12.2. The molecule has 0 bridgehead atoms. The second kappa shape index (κ2) is 14.4. The predicted molar refractivity (Wildman–Crippen MR) is 173 cm³/mol. The lowest BCUT2D eigenvalue weighted by Crippen LogP contribution is -2.56. The number of halogens is 1. The third-order valence-corrected chi connectivity index (χ3v) is 8.79. The molecule has 4 aromatic rings. The Morgan fingerprint density at radius 1 is 0.822 bits per heavy atom. The summed E-state index contributed by atoms with van der Waals surface area (Å²) in [6.07, 6.45) is 0.173. The van der Waals surface area contributed by atoms with Crippen molar-refractivity contribution in [3.63, 3.8) is 0 Å². The van der Waals surface area contributed by atoms with Gasteiger partial charge in [-0.05, 0) is 80.4 Å². The van der Waals surface area contributed by atoms with E-state index in [4.69, 9.17) is 4.74 Å². The molecule has 4 aromatic carbocycles. The maximum atomic E-state index is 14.4. The third kappa shape index (κ3) is 8.92. The minimum Gasteiger partial charge on any atom is -0.497 e. The van der Waals surface area contributed by atoms with Crippen LogP contribution in [0.3, 0.4) is 0 Å². The number of methoxy groups -OCH3 is 1. The summed E-state index contributed by atoms with van der Waals surface area (Å²) >= 11 is 0. The Hall–Kier alpha value is -4.70. The van der Waals surface area contributed by atoms with Crippen molar-refractivity contribution in [1.29, 1.82) is 0 Å². The summed E-state index contributed by atoms with van der Waals surface area (Å²) in [4.78, 5) is 29.6. The Kier molecular flexibility index (Phi) is 10.6. The van der Waals surface area contributed by atoms with Gasteiger partial charge in [0, 0.05) is 18.5 Å². The quantitative estimate of drug-likeness (QED) is 0.220. The van der Waals surface area contributed by atoms with Crippen molar-refractivity contribution in [2.24, 2.45) is 0 Å². The van der Waals surface area contributed by atoms with E-state index < -0.39 is 45.8 Å². The highest BCUT2D eigenvalue weighted by Gasteiger charge is 2.35. The largest absolute Gasteiger partial charge is 0.497 e. The molecule has 0 radical (unpaired) electrons. The molecule has 0 aromatic heterocycles. The molecule has 0 aliphatic rings. The number of hydrogen-bond acceptors (Lipinski definition) is 5.